The number of sulfone groups is 1. The van der Waals surface area contributed by atoms with E-state index in [0.717, 1.165) is 12.1 Å². The molecule has 100 valence electrons. The molecule has 7 heteroatoms. The van der Waals surface area contributed by atoms with Gasteiger partial charge in [-0.25, -0.2) is 17.2 Å². The molecule has 3 nitrogen and oxygen atoms in total. The van der Waals surface area contributed by atoms with Gasteiger partial charge in [0.25, 0.3) is 0 Å². The van der Waals surface area contributed by atoms with Crippen LogP contribution < -0.4 is 5.32 Å². The van der Waals surface area contributed by atoms with Gasteiger partial charge in [-0.05, 0) is 25.0 Å². The van der Waals surface area contributed by atoms with Gasteiger partial charge in [-0.2, -0.15) is 0 Å². The molecule has 1 unspecified atom stereocenters. The van der Waals surface area contributed by atoms with Gasteiger partial charge in [0.1, 0.15) is 17.3 Å². The average Bonchev–Trinajstić information content (AvgIpc) is 2.22. The summed E-state index contributed by atoms with van der Waals surface area (Å²) in [4.78, 5) is 0. The van der Waals surface area contributed by atoms with Gasteiger partial charge < -0.3 is 5.32 Å². The van der Waals surface area contributed by atoms with Crippen LogP contribution in [0.4, 0.5) is 14.5 Å². The van der Waals surface area contributed by atoms with Crippen LogP contribution in [0.5, 0.6) is 0 Å². The average molecular weight is 340 g/mol. The summed E-state index contributed by atoms with van der Waals surface area (Å²) in [5, 5.41) is 2.65. The first-order valence-electron chi connectivity index (χ1n) is 5.49. The van der Waals surface area contributed by atoms with Crippen molar-refractivity contribution in [2.24, 2.45) is 0 Å². The van der Waals surface area contributed by atoms with Gasteiger partial charge in [0, 0.05) is 10.5 Å². The third-order valence-corrected chi connectivity index (χ3v) is 5.10. The zero-order chi connectivity index (χ0) is 13.3. The van der Waals surface area contributed by atoms with Crippen LogP contribution in [0.1, 0.15) is 12.8 Å². The molecule has 0 aliphatic carbocycles. The van der Waals surface area contributed by atoms with E-state index in [4.69, 9.17) is 0 Å². The van der Waals surface area contributed by atoms with Crippen molar-refractivity contribution in [3.8, 4) is 0 Å². The van der Waals surface area contributed by atoms with Gasteiger partial charge in [0.2, 0.25) is 0 Å². The van der Waals surface area contributed by atoms with E-state index in [2.05, 4.69) is 21.2 Å². The molecule has 1 saturated heterocycles. The molecule has 1 atom stereocenters. The minimum atomic E-state index is -3.10. The molecular weight excluding hydrogens is 328 g/mol. The van der Waals surface area contributed by atoms with Crippen molar-refractivity contribution in [2.75, 3.05) is 16.8 Å². The van der Waals surface area contributed by atoms with Gasteiger partial charge >= 0.3 is 0 Å². The first-order valence-corrected chi connectivity index (χ1v) is 8.10. The third kappa shape index (κ3) is 3.20. The van der Waals surface area contributed by atoms with E-state index in [9.17, 15) is 17.2 Å². The van der Waals surface area contributed by atoms with Crippen LogP contribution in [0.25, 0.3) is 0 Å². The fourth-order valence-electron chi connectivity index (χ4n) is 2.02. The van der Waals surface area contributed by atoms with Crippen molar-refractivity contribution in [3.05, 3.63) is 28.2 Å². The van der Waals surface area contributed by atoms with E-state index in [0.29, 0.717) is 17.3 Å². The molecule has 1 fully saturated rings. The Morgan fingerprint density at radius 2 is 1.89 bits per heavy atom. The van der Waals surface area contributed by atoms with E-state index in [1.54, 1.807) is 0 Å². The largest absolute Gasteiger partial charge is 0.377 e. The minimum Gasteiger partial charge on any atom is -0.377 e. The fourth-order valence-corrected chi connectivity index (χ4v) is 4.06. The van der Waals surface area contributed by atoms with Crippen LogP contribution >= 0.6 is 15.9 Å². The summed E-state index contributed by atoms with van der Waals surface area (Å²) in [5.41, 5.74) is -0.264. The maximum Gasteiger partial charge on any atom is 0.152 e. The Kier molecular flexibility index (Phi) is 3.91. The van der Waals surface area contributed by atoms with Crippen LogP contribution in [-0.2, 0) is 9.84 Å². The Morgan fingerprint density at radius 3 is 2.44 bits per heavy atom. The van der Waals surface area contributed by atoms with Crippen molar-refractivity contribution in [2.45, 2.75) is 18.9 Å². The number of benzene rings is 1. The summed E-state index contributed by atoms with van der Waals surface area (Å²) in [6, 6.07) is 1.85. The number of hydrogen-bond acceptors (Lipinski definition) is 3. The summed E-state index contributed by atoms with van der Waals surface area (Å²) in [6.45, 7) is 0. The first-order chi connectivity index (χ1) is 8.37. The third-order valence-electron chi connectivity index (χ3n) is 2.82. The zero-order valence-electron chi connectivity index (χ0n) is 9.42. The van der Waals surface area contributed by atoms with Gasteiger partial charge in [-0.3, -0.25) is 0 Å². The molecule has 0 bridgehead atoms. The highest BCUT2D eigenvalue weighted by molar-refractivity contribution is 9.10. The van der Waals surface area contributed by atoms with E-state index < -0.39 is 27.5 Å². The highest BCUT2D eigenvalue weighted by Gasteiger charge is 2.26. The second kappa shape index (κ2) is 5.13. The van der Waals surface area contributed by atoms with Crippen LogP contribution in [0.15, 0.2) is 16.6 Å². The molecule has 1 aromatic rings. The maximum atomic E-state index is 13.6. The topological polar surface area (TPSA) is 46.2 Å². The molecule has 0 radical (unpaired) electrons. The van der Waals surface area contributed by atoms with E-state index >= 15 is 0 Å². The SMILES string of the molecule is O=S1(=O)CCCC(Nc2c(F)cc(Br)cc2F)C1. The van der Waals surface area contributed by atoms with E-state index in [1.165, 1.54) is 0 Å². The van der Waals surface area contributed by atoms with Crippen LogP contribution in [0.3, 0.4) is 0 Å². The number of hydrogen-bond donors (Lipinski definition) is 1. The summed E-state index contributed by atoms with van der Waals surface area (Å²) < 4.78 is 50.3. The Labute approximate surface area is 113 Å². The molecule has 2 rings (SSSR count). The smallest absolute Gasteiger partial charge is 0.152 e. The molecule has 1 aromatic carbocycles. The van der Waals surface area contributed by atoms with Gasteiger partial charge in [0.05, 0.1) is 11.5 Å². The van der Waals surface area contributed by atoms with Gasteiger partial charge in [-0.15, -0.1) is 0 Å². The number of rotatable bonds is 2. The molecule has 1 heterocycles. The van der Waals surface area contributed by atoms with Crippen LogP contribution in [0, 0.1) is 11.6 Å². The lowest BCUT2D eigenvalue weighted by atomic mass is 10.1. The molecule has 1 aliphatic heterocycles. The van der Waals surface area contributed by atoms with E-state index in [-0.39, 0.29) is 17.2 Å². The molecule has 0 amide bonds. The summed E-state index contributed by atoms with van der Waals surface area (Å²) in [6.07, 6.45) is 1.11. The van der Waals surface area contributed by atoms with Crippen molar-refractivity contribution in [1.29, 1.82) is 0 Å². The molecule has 18 heavy (non-hydrogen) atoms. The zero-order valence-corrected chi connectivity index (χ0v) is 11.8. The van der Waals surface area contributed by atoms with Crippen LogP contribution in [-0.4, -0.2) is 26.0 Å². The van der Waals surface area contributed by atoms with Gasteiger partial charge in [-0.1, -0.05) is 15.9 Å². The molecular formula is C11H12BrF2NO2S. The second-order valence-electron chi connectivity index (χ2n) is 4.34. The fraction of sp³-hybridized carbons (Fsp3) is 0.455. The highest BCUT2D eigenvalue weighted by Crippen LogP contribution is 2.26. The minimum absolute atomic E-state index is 0.0814. The number of nitrogens with one attached hydrogen (secondary N) is 1. The van der Waals surface area contributed by atoms with Crippen molar-refractivity contribution in [3.63, 3.8) is 0 Å². The molecule has 0 spiro atoms. The Bertz CT molecular complexity index is 539. The molecule has 0 saturated carbocycles. The predicted molar refractivity (Wildman–Crippen MR) is 69.4 cm³/mol. The van der Waals surface area contributed by atoms with Crippen molar-refractivity contribution < 1.29 is 17.2 Å². The van der Waals surface area contributed by atoms with E-state index in [1.807, 2.05) is 0 Å². The normalized spacial score (nSPS) is 22.7. The van der Waals surface area contributed by atoms with Crippen molar-refractivity contribution in [1.82, 2.24) is 0 Å². The predicted octanol–water partition coefficient (Wildman–Crippen LogP) is 2.72. The molecule has 1 N–H and O–H groups in total. The Morgan fingerprint density at radius 1 is 1.28 bits per heavy atom. The van der Waals surface area contributed by atoms with Gasteiger partial charge in [0.15, 0.2) is 9.84 Å². The Balaban J connectivity index is 2.19. The lowest BCUT2D eigenvalue weighted by Crippen LogP contribution is -2.35. The summed E-state index contributed by atoms with van der Waals surface area (Å²) in [7, 11) is -3.10. The molecule has 0 aromatic heterocycles. The lowest BCUT2D eigenvalue weighted by Gasteiger charge is -2.24. The standard InChI is InChI=1S/C11H12BrF2NO2S/c12-7-4-9(13)11(10(14)5-7)15-8-2-1-3-18(16,17)6-8/h4-5,8,15H,1-3,6H2. The molecule has 1 aliphatic rings. The first kappa shape index (κ1) is 13.7. The maximum absolute atomic E-state index is 13.6. The summed E-state index contributed by atoms with van der Waals surface area (Å²) >= 11 is 2.99. The number of anilines is 1. The Hall–Kier alpha value is -0.690. The highest BCUT2D eigenvalue weighted by atomic mass is 79.9. The summed E-state index contributed by atoms with van der Waals surface area (Å²) in [5.74, 6) is -1.40. The number of halogens is 3. The van der Waals surface area contributed by atoms with Crippen molar-refractivity contribution >= 4 is 31.5 Å². The lowest BCUT2D eigenvalue weighted by molar-refractivity contribution is 0.551. The van der Waals surface area contributed by atoms with Crippen LogP contribution in [0.2, 0.25) is 0 Å². The second-order valence-corrected chi connectivity index (χ2v) is 7.49. The quantitative estimate of drug-likeness (QED) is 0.901. The monoisotopic (exact) mass is 339 g/mol.